The number of aliphatic hydroxyl groups is 1. The molecule has 0 aliphatic rings. The van der Waals surface area contributed by atoms with E-state index in [0.717, 1.165) is 6.07 Å². The van der Waals surface area contributed by atoms with E-state index in [1.165, 1.54) is 13.3 Å². The largest absolute Gasteiger partial charge is 0.496 e. The van der Waals surface area contributed by atoms with Crippen molar-refractivity contribution in [1.82, 2.24) is 4.98 Å². The summed E-state index contributed by atoms with van der Waals surface area (Å²) in [6.07, 6.45) is -1.44. The lowest BCUT2D eigenvalue weighted by atomic mass is 10.2. The summed E-state index contributed by atoms with van der Waals surface area (Å²) >= 11 is 0. The van der Waals surface area contributed by atoms with Crippen molar-refractivity contribution in [3.05, 3.63) is 23.5 Å². The van der Waals surface area contributed by atoms with Crippen LogP contribution in [0.5, 0.6) is 5.75 Å². The fraction of sp³-hybridized carbons (Fsp3) is 0.375. The number of methoxy groups -OCH3 is 1. The first kappa shape index (κ1) is 9.85. The van der Waals surface area contributed by atoms with Crippen LogP contribution in [0.15, 0.2) is 12.3 Å². The molecule has 0 aliphatic heterocycles. The number of ether oxygens (including phenoxy) is 1. The summed E-state index contributed by atoms with van der Waals surface area (Å²) in [5, 5.41) is 8.77. The van der Waals surface area contributed by atoms with Crippen molar-refractivity contribution < 1.29 is 18.6 Å². The van der Waals surface area contributed by atoms with Gasteiger partial charge in [-0.3, -0.25) is 4.98 Å². The molecule has 72 valence electrons. The van der Waals surface area contributed by atoms with Gasteiger partial charge in [-0.1, -0.05) is 0 Å². The number of pyridine rings is 1. The van der Waals surface area contributed by atoms with Crippen molar-refractivity contribution in [3.63, 3.8) is 0 Å². The van der Waals surface area contributed by atoms with Gasteiger partial charge in [-0.25, -0.2) is 8.78 Å². The monoisotopic (exact) mass is 189 g/mol. The molecule has 3 nitrogen and oxygen atoms in total. The number of aliphatic hydroxyl groups excluding tert-OH is 1. The van der Waals surface area contributed by atoms with Crippen LogP contribution in [0.25, 0.3) is 0 Å². The van der Waals surface area contributed by atoms with Gasteiger partial charge in [0.05, 0.1) is 13.7 Å². The Hall–Kier alpha value is -1.23. The molecule has 0 unspecified atom stereocenters. The van der Waals surface area contributed by atoms with Gasteiger partial charge in [-0.05, 0) is 0 Å². The SMILES string of the molecule is COc1cc(C(F)F)ncc1CO. The average molecular weight is 189 g/mol. The van der Waals surface area contributed by atoms with Crippen LogP contribution in [0.2, 0.25) is 0 Å². The van der Waals surface area contributed by atoms with Crippen molar-refractivity contribution in [2.24, 2.45) is 0 Å². The zero-order valence-electron chi connectivity index (χ0n) is 7.00. The van der Waals surface area contributed by atoms with Crippen LogP contribution in [0.1, 0.15) is 17.7 Å². The zero-order valence-corrected chi connectivity index (χ0v) is 7.00. The molecule has 1 N–H and O–H groups in total. The van der Waals surface area contributed by atoms with Crippen LogP contribution in [0.4, 0.5) is 8.78 Å². The first-order valence-corrected chi connectivity index (χ1v) is 3.61. The van der Waals surface area contributed by atoms with E-state index in [0.29, 0.717) is 5.56 Å². The Balaban J connectivity index is 3.05. The van der Waals surface area contributed by atoms with E-state index in [2.05, 4.69) is 4.98 Å². The number of aromatic nitrogens is 1. The van der Waals surface area contributed by atoms with Gasteiger partial charge in [-0.2, -0.15) is 0 Å². The summed E-state index contributed by atoms with van der Waals surface area (Å²) in [4.78, 5) is 3.47. The van der Waals surface area contributed by atoms with Gasteiger partial charge >= 0.3 is 0 Å². The highest BCUT2D eigenvalue weighted by molar-refractivity contribution is 5.32. The van der Waals surface area contributed by atoms with E-state index < -0.39 is 6.43 Å². The van der Waals surface area contributed by atoms with Gasteiger partial charge in [0, 0.05) is 17.8 Å². The second-order valence-electron chi connectivity index (χ2n) is 2.38. The molecule has 13 heavy (non-hydrogen) atoms. The Kier molecular flexibility index (Phi) is 3.13. The maximum Gasteiger partial charge on any atom is 0.280 e. The highest BCUT2D eigenvalue weighted by Crippen LogP contribution is 2.23. The second-order valence-corrected chi connectivity index (χ2v) is 2.38. The third kappa shape index (κ3) is 2.12. The molecule has 0 radical (unpaired) electrons. The zero-order chi connectivity index (χ0) is 9.84. The Bertz CT molecular complexity index is 291. The molecule has 1 heterocycles. The normalized spacial score (nSPS) is 10.5. The minimum absolute atomic E-state index is 0.229. The van der Waals surface area contributed by atoms with Gasteiger partial charge in [0.15, 0.2) is 0 Å². The average Bonchev–Trinajstić information content (AvgIpc) is 2.16. The highest BCUT2D eigenvalue weighted by atomic mass is 19.3. The Labute approximate surface area is 74.0 Å². The molecule has 0 bridgehead atoms. The fourth-order valence-corrected chi connectivity index (χ4v) is 0.908. The minimum Gasteiger partial charge on any atom is -0.496 e. The number of hydrogen-bond donors (Lipinski definition) is 1. The van der Waals surface area contributed by atoms with Crippen molar-refractivity contribution in [1.29, 1.82) is 0 Å². The molecule has 1 rings (SSSR count). The quantitative estimate of drug-likeness (QED) is 0.783. The first-order chi connectivity index (χ1) is 6.19. The topological polar surface area (TPSA) is 42.4 Å². The predicted molar refractivity (Wildman–Crippen MR) is 41.7 cm³/mol. The molecular weight excluding hydrogens is 180 g/mol. The molecule has 0 atom stereocenters. The number of rotatable bonds is 3. The Morgan fingerprint density at radius 3 is 2.77 bits per heavy atom. The number of halogens is 2. The number of nitrogens with zero attached hydrogens (tertiary/aromatic N) is 1. The molecular formula is C8H9F2NO2. The lowest BCUT2D eigenvalue weighted by Gasteiger charge is -2.07. The van der Waals surface area contributed by atoms with E-state index in [1.54, 1.807) is 0 Å². The van der Waals surface area contributed by atoms with Gasteiger partial charge in [0.1, 0.15) is 11.4 Å². The maximum absolute atomic E-state index is 12.1. The minimum atomic E-state index is -2.62. The van der Waals surface area contributed by atoms with Gasteiger partial charge in [0.2, 0.25) is 0 Å². The molecule has 0 fully saturated rings. The number of alkyl halides is 2. The summed E-state index contributed by atoms with van der Waals surface area (Å²) in [6.45, 7) is -0.278. The van der Waals surface area contributed by atoms with Crippen molar-refractivity contribution >= 4 is 0 Å². The predicted octanol–water partition coefficient (Wildman–Crippen LogP) is 1.52. The van der Waals surface area contributed by atoms with E-state index in [-0.39, 0.29) is 18.1 Å². The van der Waals surface area contributed by atoms with Crippen molar-refractivity contribution in [2.75, 3.05) is 7.11 Å². The van der Waals surface area contributed by atoms with Gasteiger partial charge in [-0.15, -0.1) is 0 Å². The standard InChI is InChI=1S/C8H9F2NO2/c1-13-7-2-6(8(9)10)11-3-5(7)4-12/h2-3,8,12H,4H2,1H3. The van der Waals surface area contributed by atoms with Crippen molar-refractivity contribution in [2.45, 2.75) is 13.0 Å². The third-order valence-corrected chi connectivity index (χ3v) is 1.58. The second kappa shape index (κ2) is 4.13. The smallest absolute Gasteiger partial charge is 0.280 e. The van der Waals surface area contributed by atoms with Crippen LogP contribution < -0.4 is 4.74 Å². The summed E-state index contributed by atoms with van der Waals surface area (Å²) in [5.41, 5.74) is 0.0425. The molecule has 0 aromatic carbocycles. The first-order valence-electron chi connectivity index (χ1n) is 3.61. The van der Waals surface area contributed by atoms with Crippen LogP contribution in [-0.2, 0) is 6.61 Å². The van der Waals surface area contributed by atoms with E-state index in [4.69, 9.17) is 9.84 Å². The molecule has 0 saturated carbocycles. The van der Waals surface area contributed by atoms with Crippen LogP contribution in [-0.4, -0.2) is 17.2 Å². The maximum atomic E-state index is 12.1. The Morgan fingerprint density at radius 2 is 2.31 bits per heavy atom. The molecule has 0 amide bonds. The fourth-order valence-electron chi connectivity index (χ4n) is 0.908. The number of hydrogen-bond acceptors (Lipinski definition) is 3. The summed E-state index contributed by atoms with van der Waals surface area (Å²) in [6, 6.07) is 1.12. The van der Waals surface area contributed by atoms with E-state index in [9.17, 15) is 8.78 Å². The summed E-state index contributed by atoms with van der Waals surface area (Å²) in [7, 11) is 1.35. The Morgan fingerprint density at radius 1 is 1.62 bits per heavy atom. The van der Waals surface area contributed by atoms with Crippen LogP contribution in [0, 0.1) is 0 Å². The van der Waals surface area contributed by atoms with E-state index in [1.807, 2.05) is 0 Å². The molecule has 0 spiro atoms. The molecule has 0 aliphatic carbocycles. The lowest BCUT2D eigenvalue weighted by molar-refractivity contribution is 0.145. The van der Waals surface area contributed by atoms with E-state index >= 15 is 0 Å². The molecule has 1 aromatic heterocycles. The van der Waals surface area contributed by atoms with Crippen LogP contribution >= 0.6 is 0 Å². The molecule has 0 saturated heterocycles. The molecule has 1 aromatic rings. The third-order valence-electron chi connectivity index (χ3n) is 1.58. The lowest BCUT2D eigenvalue weighted by Crippen LogP contribution is -1.97. The molecule has 5 heteroatoms. The van der Waals surface area contributed by atoms with Crippen molar-refractivity contribution in [3.8, 4) is 5.75 Å². The van der Waals surface area contributed by atoms with Gasteiger partial charge < -0.3 is 9.84 Å². The summed E-state index contributed by atoms with van der Waals surface area (Å²) < 4.78 is 29.1. The van der Waals surface area contributed by atoms with Gasteiger partial charge in [0.25, 0.3) is 6.43 Å². The highest BCUT2D eigenvalue weighted by Gasteiger charge is 2.11. The van der Waals surface area contributed by atoms with Crippen LogP contribution in [0.3, 0.4) is 0 Å². The summed E-state index contributed by atoms with van der Waals surface area (Å²) in [5.74, 6) is 0.229.